The highest BCUT2D eigenvalue weighted by Gasteiger charge is 2.79. The monoisotopic (exact) mass is 416 g/mol. The van der Waals surface area contributed by atoms with Crippen molar-refractivity contribution in [3.63, 3.8) is 0 Å². The van der Waals surface area contributed by atoms with Crippen molar-refractivity contribution in [1.29, 1.82) is 0 Å². The number of carbonyl (C=O) groups excluding carboxylic acids is 2. The maximum atomic E-state index is 11.6. The van der Waals surface area contributed by atoms with E-state index in [1.807, 2.05) is 6.92 Å². The van der Waals surface area contributed by atoms with Gasteiger partial charge in [0.1, 0.15) is 17.8 Å². The summed E-state index contributed by atoms with van der Waals surface area (Å²) in [7, 11) is 0. The van der Waals surface area contributed by atoms with E-state index in [1.165, 1.54) is 25.8 Å². The van der Waals surface area contributed by atoms with Gasteiger partial charge >= 0.3 is 11.9 Å². The normalized spacial score (nSPS) is 49.5. The van der Waals surface area contributed by atoms with Crippen LogP contribution in [-0.2, 0) is 23.8 Å². The molecule has 5 rings (SSSR count). The molecule has 0 aromatic carbocycles. The zero-order valence-corrected chi connectivity index (χ0v) is 19.0. The van der Waals surface area contributed by atoms with E-state index >= 15 is 0 Å². The van der Waals surface area contributed by atoms with Gasteiger partial charge in [0.15, 0.2) is 0 Å². The van der Waals surface area contributed by atoms with Gasteiger partial charge in [0.2, 0.25) is 0 Å². The fraction of sp³-hybridized carbons (Fsp3) is 0.840. The van der Waals surface area contributed by atoms with Gasteiger partial charge in [0, 0.05) is 25.7 Å². The van der Waals surface area contributed by atoms with Crippen LogP contribution in [0.3, 0.4) is 0 Å². The molecule has 4 aliphatic carbocycles. The first-order valence-electron chi connectivity index (χ1n) is 11.8. The van der Waals surface area contributed by atoms with Crippen molar-refractivity contribution in [2.24, 2.45) is 28.6 Å². The number of esters is 2. The van der Waals surface area contributed by atoms with E-state index in [2.05, 4.69) is 19.9 Å². The predicted octanol–water partition coefficient (Wildman–Crippen LogP) is 4.58. The summed E-state index contributed by atoms with van der Waals surface area (Å²) in [6.07, 6.45) is 10.1. The lowest BCUT2D eigenvalue weighted by Crippen LogP contribution is -2.55. The molecule has 4 fully saturated rings. The summed E-state index contributed by atoms with van der Waals surface area (Å²) in [6.45, 7) is 9.90. The molecule has 0 N–H and O–H groups in total. The van der Waals surface area contributed by atoms with E-state index in [4.69, 9.17) is 14.2 Å². The second kappa shape index (κ2) is 6.57. The fourth-order valence-corrected chi connectivity index (χ4v) is 8.52. The highest BCUT2D eigenvalue weighted by Crippen LogP contribution is 2.74. The summed E-state index contributed by atoms with van der Waals surface area (Å²) in [5.74, 6) is 1.60. The van der Waals surface area contributed by atoms with Gasteiger partial charge in [-0.1, -0.05) is 25.5 Å². The minimum Gasteiger partial charge on any atom is -0.462 e. The number of allylic oxidation sites excluding steroid dienone is 1. The predicted molar refractivity (Wildman–Crippen MR) is 111 cm³/mol. The van der Waals surface area contributed by atoms with E-state index in [1.54, 1.807) is 0 Å². The third-order valence-electron chi connectivity index (χ3n) is 9.85. The zero-order chi connectivity index (χ0) is 21.5. The third kappa shape index (κ3) is 2.63. The first-order valence-corrected chi connectivity index (χ1v) is 11.8. The Balaban J connectivity index is 1.40. The molecule has 5 nitrogen and oxygen atoms in total. The maximum Gasteiger partial charge on any atom is 0.302 e. The molecule has 0 aromatic rings. The van der Waals surface area contributed by atoms with Crippen LogP contribution in [0.5, 0.6) is 0 Å². The quantitative estimate of drug-likeness (QED) is 0.383. The lowest BCUT2D eigenvalue weighted by atomic mass is 9.47. The van der Waals surface area contributed by atoms with Crippen LogP contribution in [0.25, 0.3) is 0 Å². The summed E-state index contributed by atoms with van der Waals surface area (Å²) < 4.78 is 17.5. The van der Waals surface area contributed by atoms with Crippen molar-refractivity contribution >= 4 is 11.9 Å². The van der Waals surface area contributed by atoms with E-state index in [0.717, 1.165) is 38.5 Å². The molecule has 0 amide bonds. The van der Waals surface area contributed by atoms with Crippen LogP contribution in [0.1, 0.15) is 79.6 Å². The highest BCUT2D eigenvalue weighted by atomic mass is 16.7. The topological polar surface area (TPSA) is 65.1 Å². The standard InChI is InChI=1S/C25H36O5/c1-14(28-15(2)26)25-22(30-25)13-21-19-7-6-17-12-18(29-16(3)27)8-10-23(17,4)20(19)9-11-24(21,25)5/h6,14,18-22H,7-13H2,1-5H3/t14-,18+,19-,20+,21+,22+,23+,24+,25-/m1/s1. The van der Waals surface area contributed by atoms with Crippen LogP contribution in [0.2, 0.25) is 0 Å². The first kappa shape index (κ1) is 20.5. The first-order chi connectivity index (χ1) is 14.1. The van der Waals surface area contributed by atoms with Gasteiger partial charge in [0.05, 0.1) is 6.10 Å². The van der Waals surface area contributed by atoms with Gasteiger partial charge in [-0.15, -0.1) is 0 Å². The smallest absolute Gasteiger partial charge is 0.302 e. The molecule has 1 saturated heterocycles. The maximum absolute atomic E-state index is 11.6. The SMILES string of the molecule is CC(=O)O[C@H]1CC[C@@]2(C)C(=CC[C@@H]3[C@@H]2CC[C@@]2(C)[C@H]3C[C@@H]3O[C@]32[C@@H](C)OC(C)=O)C1. The molecule has 1 heterocycles. The minimum absolute atomic E-state index is 0.0487. The summed E-state index contributed by atoms with van der Waals surface area (Å²) in [6, 6.07) is 0. The molecule has 0 unspecified atom stereocenters. The average Bonchev–Trinajstić information content (AvgIpc) is 3.33. The fourth-order valence-electron chi connectivity index (χ4n) is 8.52. The molecule has 30 heavy (non-hydrogen) atoms. The number of rotatable bonds is 3. The molecule has 0 spiro atoms. The summed E-state index contributed by atoms with van der Waals surface area (Å²) in [4.78, 5) is 23.1. The van der Waals surface area contributed by atoms with E-state index in [0.29, 0.717) is 17.8 Å². The van der Waals surface area contributed by atoms with Crippen molar-refractivity contribution in [3.05, 3.63) is 11.6 Å². The van der Waals surface area contributed by atoms with Gasteiger partial charge < -0.3 is 14.2 Å². The lowest BCUT2D eigenvalue weighted by molar-refractivity contribution is -0.159. The minimum atomic E-state index is -0.286. The second-order valence-electron chi connectivity index (χ2n) is 11.1. The van der Waals surface area contributed by atoms with Gasteiger partial charge in [-0.2, -0.15) is 0 Å². The van der Waals surface area contributed by atoms with Gasteiger partial charge in [-0.05, 0) is 68.6 Å². The Morgan fingerprint density at radius 2 is 1.90 bits per heavy atom. The lowest BCUT2D eigenvalue weighted by Gasteiger charge is -2.58. The van der Waals surface area contributed by atoms with Crippen LogP contribution in [0.4, 0.5) is 0 Å². The largest absolute Gasteiger partial charge is 0.462 e. The van der Waals surface area contributed by atoms with Crippen molar-refractivity contribution in [2.45, 2.75) is 103 Å². The van der Waals surface area contributed by atoms with Crippen molar-refractivity contribution < 1.29 is 23.8 Å². The zero-order valence-electron chi connectivity index (χ0n) is 19.0. The van der Waals surface area contributed by atoms with Crippen LogP contribution >= 0.6 is 0 Å². The molecule has 0 aromatic heterocycles. The van der Waals surface area contributed by atoms with E-state index < -0.39 is 0 Å². The molecule has 5 aliphatic rings. The molecule has 9 atom stereocenters. The van der Waals surface area contributed by atoms with E-state index in [-0.39, 0.29) is 46.7 Å². The number of hydrogen-bond donors (Lipinski definition) is 0. The highest BCUT2D eigenvalue weighted by molar-refractivity contribution is 5.66. The summed E-state index contributed by atoms with van der Waals surface area (Å²) >= 11 is 0. The van der Waals surface area contributed by atoms with Crippen LogP contribution < -0.4 is 0 Å². The van der Waals surface area contributed by atoms with Gasteiger partial charge in [0.25, 0.3) is 0 Å². The molecule has 0 bridgehead atoms. The molecule has 0 radical (unpaired) electrons. The average molecular weight is 417 g/mol. The number of carbonyl (C=O) groups is 2. The molecular weight excluding hydrogens is 380 g/mol. The van der Waals surface area contributed by atoms with Gasteiger partial charge in [-0.25, -0.2) is 0 Å². The summed E-state index contributed by atoms with van der Waals surface area (Å²) in [5.41, 5.74) is 1.53. The summed E-state index contributed by atoms with van der Waals surface area (Å²) in [5, 5.41) is 0. The Labute approximate surface area is 179 Å². The number of hydrogen-bond acceptors (Lipinski definition) is 5. The Morgan fingerprint density at radius 1 is 1.13 bits per heavy atom. The van der Waals surface area contributed by atoms with E-state index in [9.17, 15) is 9.59 Å². The van der Waals surface area contributed by atoms with Crippen molar-refractivity contribution in [1.82, 2.24) is 0 Å². The Kier molecular flexibility index (Phi) is 4.50. The Morgan fingerprint density at radius 3 is 2.60 bits per heavy atom. The second-order valence-corrected chi connectivity index (χ2v) is 11.1. The number of ether oxygens (including phenoxy) is 3. The molecule has 1 aliphatic heterocycles. The Bertz CT molecular complexity index is 803. The third-order valence-corrected chi connectivity index (χ3v) is 9.85. The van der Waals surface area contributed by atoms with Crippen LogP contribution in [0, 0.1) is 28.6 Å². The molecule has 5 heteroatoms. The van der Waals surface area contributed by atoms with Crippen LogP contribution in [-0.4, -0.2) is 35.9 Å². The molecular formula is C25H36O5. The van der Waals surface area contributed by atoms with Crippen molar-refractivity contribution in [2.75, 3.05) is 0 Å². The molecule has 3 saturated carbocycles. The Hall–Kier alpha value is -1.36. The van der Waals surface area contributed by atoms with Gasteiger partial charge in [-0.3, -0.25) is 9.59 Å². The van der Waals surface area contributed by atoms with Crippen LogP contribution in [0.15, 0.2) is 11.6 Å². The molecule has 166 valence electrons. The van der Waals surface area contributed by atoms with Crippen molar-refractivity contribution in [3.8, 4) is 0 Å². The number of epoxide rings is 1. The number of fused-ring (bicyclic) bond motifs is 7.